The summed E-state index contributed by atoms with van der Waals surface area (Å²) in [4.78, 5) is 8.85. The van der Waals surface area contributed by atoms with Crippen molar-refractivity contribution >= 4 is 5.96 Å². The van der Waals surface area contributed by atoms with E-state index in [0.29, 0.717) is 6.54 Å². The molecular formula is C16H18FN3O. The van der Waals surface area contributed by atoms with E-state index in [1.807, 2.05) is 32.3 Å². The number of furan rings is 1. The van der Waals surface area contributed by atoms with Crippen molar-refractivity contribution in [1.29, 1.82) is 0 Å². The summed E-state index contributed by atoms with van der Waals surface area (Å²) in [5.41, 5.74) is 2.19. The third-order valence-corrected chi connectivity index (χ3v) is 3.78. The van der Waals surface area contributed by atoms with Crippen LogP contribution in [0, 0.1) is 5.82 Å². The number of likely N-dealkylation sites (N-methyl/N-ethyl adjacent to an activating group) is 1. The van der Waals surface area contributed by atoms with Crippen LogP contribution >= 0.6 is 0 Å². The second-order valence-electron chi connectivity index (χ2n) is 5.31. The van der Waals surface area contributed by atoms with E-state index in [1.54, 1.807) is 12.5 Å². The predicted molar refractivity (Wildman–Crippen MR) is 79.4 cm³/mol. The Bertz CT molecular complexity index is 621. The van der Waals surface area contributed by atoms with Gasteiger partial charge in [-0.25, -0.2) is 4.39 Å². The maximum Gasteiger partial charge on any atom is 0.197 e. The van der Waals surface area contributed by atoms with E-state index in [4.69, 9.17) is 4.42 Å². The summed E-state index contributed by atoms with van der Waals surface area (Å²) in [6.45, 7) is 1.43. The van der Waals surface area contributed by atoms with Crippen molar-refractivity contribution in [2.45, 2.75) is 12.6 Å². The number of hydrogen-bond acceptors (Lipinski definition) is 4. The van der Waals surface area contributed by atoms with E-state index in [1.165, 1.54) is 12.1 Å². The molecule has 0 radical (unpaired) electrons. The number of halogens is 1. The maximum atomic E-state index is 13.0. The fourth-order valence-corrected chi connectivity index (χ4v) is 2.67. The molecular weight excluding hydrogens is 269 g/mol. The molecule has 110 valence electrons. The molecule has 3 rings (SSSR count). The van der Waals surface area contributed by atoms with Gasteiger partial charge in [0.25, 0.3) is 0 Å². The zero-order chi connectivity index (χ0) is 14.8. The number of aliphatic imine (C=N–C) groups is 1. The largest absolute Gasteiger partial charge is 0.472 e. The van der Waals surface area contributed by atoms with Gasteiger partial charge in [-0.15, -0.1) is 0 Å². The SMILES string of the molecule is CN(Cc1ccoc1)C1=NCC(c2ccc(F)cc2)N1C. The lowest BCUT2D eigenvalue weighted by molar-refractivity contribution is 0.352. The number of hydrogen-bond donors (Lipinski definition) is 0. The molecule has 1 aromatic carbocycles. The summed E-state index contributed by atoms with van der Waals surface area (Å²) in [6, 6.07) is 8.75. The van der Waals surface area contributed by atoms with Crippen molar-refractivity contribution in [3.8, 4) is 0 Å². The first-order chi connectivity index (χ1) is 10.1. The lowest BCUT2D eigenvalue weighted by Crippen LogP contribution is -2.38. The first-order valence-electron chi connectivity index (χ1n) is 6.90. The Morgan fingerprint density at radius 2 is 2.10 bits per heavy atom. The standard InChI is InChI=1S/C16H18FN3O/c1-19(10-12-7-8-21-11-12)16-18-9-15(20(16)2)13-3-5-14(17)6-4-13/h3-8,11,15H,9-10H2,1-2H3. The summed E-state index contributed by atoms with van der Waals surface area (Å²) < 4.78 is 18.1. The van der Waals surface area contributed by atoms with Gasteiger partial charge in [0.1, 0.15) is 5.82 Å². The van der Waals surface area contributed by atoms with Crippen molar-refractivity contribution in [2.24, 2.45) is 4.99 Å². The first kappa shape index (κ1) is 13.7. The number of benzene rings is 1. The number of rotatable bonds is 3. The van der Waals surface area contributed by atoms with E-state index < -0.39 is 0 Å². The Morgan fingerprint density at radius 3 is 2.76 bits per heavy atom. The summed E-state index contributed by atoms with van der Waals surface area (Å²) in [5.74, 6) is 0.725. The highest BCUT2D eigenvalue weighted by Crippen LogP contribution is 2.26. The molecule has 2 heterocycles. The number of nitrogens with zero attached hydrogens (tertiary/aromatic N) is 3. The summed E-state index contributed by atoms with van der Waals surface area (Å²) in [6.07, 6.45) is 3.41. The smallest absolute Gasteiger partial charge is 0.197 e. The quantitative estimate of drug-likeness (QED) is 0.870. The molecule has 0 amide bonds. The van der Waals surface area contributed by atoms with E-state index in [0.717, 1.165) is 23.6 Å². The average molecular weight is 287 g/mol. The topological polar surface area (TPSA) is 32.0 Å². The van der Waals surface area contributed by atoms with Crippen molar-refractivity contribution < 1.29 is 8.81 Å². The summed E-state index contributed by atoms with van der Waals surface area (Å²) >= 11 is 0. The van der Waals surface area contributed by atoms with Gasteiger partial charge in [-0.05, 0) is 23.8 Å². The van der Waals surface area contributed by atoms with Crippen LogP contribution in [0.4, 0.5) is 4.39 Å². The molecule has 5 heteroatoms. The summed E-state index contributed by atoms with van der Waals surface area (Å²) in [5, 5.41) is 0. The molecule has 0 bridgehead atoms. The molecule has 1 aliphatic heterocycles. The minimum absolute atomic E-state index is 0.160. The van der Waals surface area contributed by atoms with Gasteiger partial charge in [0.2, 0.25) is 0 Å². The number of guanidine groups is 1. The van der Waals surface area contributed by atoms with Gasteiger partial charge < -0.3 is 14.2 Å². The lowest BCUT2D eigenvalue weighted by atomic mass is 10.1. The van der Waals surface area contributed by atoms with E-state index in [2.05, 4.69) is 14.8 Å². The minimum atomic E-state index is -0.211. The monoisotopic (exact) mass is 287 g/mol. The van der Waals surface area contributed by atoms with Crippen LogP contribution in [0.25, 0.3) is 0 Å². The normalized spacial score (nSPS) is 18.0. The van der Waals surface area contributed by atoms with Crippen molar-refractivity contribution in [3.63, 3.8) is 0 Å². The van der Waals surface area contributed by atoms with E-state index in [9.17, 15) is 4.39 Å². The molecule has 0 N–H and O–H groups in total. The molecule has 0 spiro atoms. The van der Waals surface area contributed by atoms with Crippen LogP contribution in [-0.4, -0.2) is 36.4 Å². The van der Waals surface area contributed by atoms with Crippen LogP contribution in [0.2, 0.25) is 0 Å². The van der Waals surface area contributed by atoms with Crippen LogP contribution < -0.4 is 0 Å². The fourth-order valence-electron chi connectivity index (χ4n) is 2.67. The minimum Gasteiger partial charge on any atom is -0.472 e. The van der Waals surface area contributed by atoms with Crippen LogP contribution in [0.5, 0.6) is 0 Å². The molecule has 0 fully saturated rings. The Labute approximate surface area is 123 Å². The van der Waals surface area contributed by atoms with Crippen molar-refractivity contribution in [2.75, 3.05) is 20.6 Å². The molecule has 4 nitrogen and oxygen atoms in total. The molecule has 1 aliphatic rings. The fraction of sp³-hybridized carbons (Fsp3) is 0.312. The van der Waals surface area contributed by atoms with Gasteiger partial charge in [0, 0.05) is 26.2 Å². The van der Waals surface area contributed by atoms with Gasteiger partial charge in [0.05, 0.1) is 25.1 Å². The van der Waals surface area contributed by atoms with Crippen LogP contribution in [0.3, 0.4) is 0 Å². The lowest BCUT2D eigenvalue weighted by Gasteiger charge is -2.29. The van der Waals surface area contributed by atoms with Gasteiger partial charge >= 0.3 is 0 Å². The first-order valence-corrected chi connectivity index (χ1v) is 6.90. The highest BCUT2D eigenvalue weighted by Gasteiger charge is 2.28. The second kappa shape index (κ2) is 5.60. The third kappa shape index (κ3) is 2.77. The summed E-state index contributed by atoms with van der Waals surface area (Å²) in [7, 11) is 4.03. The molecule has 0 aliphatic carbocycles. The zero-order valence-electron chi connectivity index (χ0n) is 12.2. The van der Waals surface area contributed by atoms with E-state index in [-0.39, 0.29) is 11.9 Å². The Hall–Kier alpha value is -2.30. The Balaban J connectivity index is 1.70. The molecule has 0 saturated carbocycles. The second-order valence-corrected chi connectivity index (χ2v) is 5.31. The van der Waals surface area contributed by atoms with Crippen molar-refractivity contribution in [1.82, 2.24) is 9.80 Å². The van der Waals surface area contributed by atoms with Crippen LogP contribution in [-0.2, 0) is 6.54 Å². The zero-order valence-corrected chi connectivity index (χ0v) is 12.2. The van der Waals surface area contributed by atoms with E-state index >= 15 is 0 Å². The van der Waals surface area contributed by atoms with Crippen LogP contribution in [0.1, 0.15) is 17.2 Å². The highest BCUT2D eigenvalue weighted by molar-refractivity contribution is 5.81. The van der Waals surface area contributed by atoms with Crippen molar-refractivity contribution in [3.05, 3.63) is 59.8 Å². The molecule has 1 unspecified atom stereocenters. The van der Waals surface area contributed by atoms with Gasteiger partial charge in [0.15, 0.2) is 5.96 Å². The predicted octanol–water partition coefficient (Wildman–Crippen LogP) is 2.89. The molecule has 1 aromatic heterocycles. The third-order valence-electron chi connectivity index (χ3n) is 3.78. The molecule has 21 heavy (non-hydrogen) atoms. The molecule has 2 aromatic rings. The van der Waals surface area contributed by atoms with Gasteiger partial charge in [-0.2, -0.15) is 0 Å². The van der Waals surface area contributed by atoms with Gasteiger partial charge in [-0.3, -0.25) is 4.99 Å². The molecule has 0 saturated heterocycles. The average Bonchev–Trinajstić information content (AvgIpc) is 3.09. The van der Waals surface area contributed by atoms with Gasteiger partial charge in [-0.1, -0.05) is 12.1 Å². The maximum absolute atomic E-state index is 13.0. The Morgan fingerprint density at radius 1 is 1.33 bits per heavy atom. The Kier molecular flexibility index (Phi) is 3.64. The van der Waals surface area contributed by atoms with Crippen LogP contribution in [0.15, 0.2) is 52.3 Å². The highest BCUT2D eigenvalue weighted by atomic mass is 19.1. The molecule has 1 atom stereocenters.